The molecule has 2 saturated heterocycles. The molecule has 0 aromatic carbocycles. The van der Waals surface area contributed by atoms with Crippen molar-refractivity contribution in [1.82, 2.24) is 0 Å². The van der Waals surface area contributed by atoms with E-state index in [0.29, 0.717) is 26.8 Å². The zero-order valence-electron chi connectivity index (χ0n) is 15.3. The second kappa shape index (κ2) is 10.7. The van der Waals surface area contributed by atoms with E-state index in [1.165, 1.54) is 0 Å². The van der Waals surface area contributed by atoms with Crippen LogP contribution in [0.15, 0.2) is 0 Å². The molecule has 0 aliphatic carbocycles. The van der Waals surface area contributed by atoms with Crippen molar-refractivity contribution in [3.8, 4) is 0 Å². The van der Waals surface area contributed by atoms with Crippen LogP contribution in [0.25, 0.3) is 0 Å². The summed E-state index contributed by atoms with van der Waals surface area (Å²) in [6.45, 7) is 11.0. The third-order valence-corrected chi connectivity index (χ3v) is 5.11. The maximum Gasteiger partial charge on any atom is 0.146 e. The maximum absolute atomic E-state index is 5.85. The van der Waals surface area contributed by atoms with E-state index in [2.05, 4.69) is 13.8 Å². The Bertz CT molecular complexity index is 291. The summed E-state index contributed by atoms with van der Waals surface area (Å²) in [5, 5.41) is 0. The highest BCUT2D eigenvalue weighted by Crippen LogP contribution is 2.27. The molecular weight excluding hydrogens is 312 g/mol. The summed E-state index contributed by atoms with van der Waals surface area (Å²) in [6, 6.07) is 0. The number of ether oxygens (including phenoxy) is 6. The van der Waals surface area contributed by atoms with E-state index in [1.54, 1.807) is 0 Å². The summed E-state index contributed by atoms with van der Waals surface area (Å²) in [7, 11) is 0. The number of hydrogen-bond acceptors (Lipinski definition) is 6. The van der Waals surface area contributed by atoms with Gasteiger partial charge in [-0.2, -0.15) is 0 Å². The molecular formula is C18H34O6. The summed E-state index contributed by atoms with van der Waals surface area (Å²) < 4.78 is 33.4. The lowest BCUT2D eigenvalue weighted by molar-refractivity contribution is -0.183. The van der Waals surface area contributed by atoms with E-state index >= 15 is 0 Å². The van der Waals surface area contributed by atoms with Crippen molar-refractivity contribution in [2.75, 3.05) is 66.4 Å². The summed E-state index contributed by atoms with van der Waals surface area (Å²) in [4.78, 5) is 0. The topological polar surface area (TPSA) is 55.4 Å². The van der Waals surface area contributed by atoms with Crippen LogP contribution in [-0.4, -0.2) is 66.4 Å². The lowest BCUT2D eigenvalue weighted by atomic mass is 9.87. The van der Waals surface area contributed by atoms with E-state index in [9.17, 15) is 0 Å². The van der Waals surface area contributed by atoms with Gasteiger partial charge in [-0.3, -0.25) is 0 Å². The van der Waals surface area contributed by atoms with Gasteiger partial charge >= 0.3 is 0 Å². The molecule has 2 heterocycles. The molecule has 0 spiro atoms. The molecule has 2 aliphatic rings. The Morgan fingerprint density at radius 1 is 0.667 bits per heavy atom. The number of unbranched alkanes of at least 4 members (excludes halogenated alkanes) is 1. The molecule has 0 N–H and O–H groups in total. The molecule has 0 bridgehead atoms. The van der Waals surface area contributed by atoms with Crippen molar-refractivity contribution in [2.24, 2.45) is 10.8 Å². The van der Waals surface area contributed by atoms with Crippen LogP contribution < -0.4 is 0 Å². The summed E-state index contributed by atoms with van der Waals surface area (Å²) in [6.07, 6.45) is 4.04. The largest absolute Gasteiger partial charge is 0.381 e. The van der Waals surface area contributed by atoms with Crippen LogP contribution in [0.3, 0.4) is 0 Å². The Kier molecular flexibility index (Phi) is 8.94. The van der Waals surface area contributed by atoms with Crippen molar-refractivity contribution in [3.63, 3.8) is 0 Å². The van der Waals surface area contributed by atoms with Crippen LogP contribution in [0.1, 0.15) is 39.5 Å². The minimum absolute atomic E-state index is 0.0310. The fourth-order valence-corrected chi connectivity index (χ4v) is 3.00. The zero-order chi connectivity index (χ0) is 17.1. The van der Waals surface area contributed by atoms with Crippen molar-refractivity contribution < 1.29 is 28.4 Å². The molecule has 0 atom stereocenters. The normalized spacial score (nSPS) is 23.2. The SMILES string of the molecule is CCC1(COCCCCOCC2(CC)COCOC2)COCOC1. The van der Waals surface area contributed by atoms with Gasteiger partial charge in [-0.25, -0.2) is 0 Å². The fraction of sp³-hybridized carbons (Fsp3) is 1.00. The molecule has 2 fully saturated rings. The average Bonchev–Trinajstić information content (AvgIpc) is 2.65. The van der Waals surface area contributed by atoms with Gasteiger partial charge in [0, 0.05) is 24.0 Å². The molecule has 0 aromatic heterocycles. The Morgan fingerprint density at radius 3 is 1.38 bits per heavy atom. The molecule has 2 aliphatic heterocycles. The maximum atomic E-state index is 5.85. The predicted molar refractivity (Wildman–Crippen MR) is 89.9 cm³/mol. The van der Waals surface area contributed by atoms with E-state index < -0.39 is 0 Å². The van der Waals surface area contributed by atoms with Crippen molar-refractivity contribution in [3.05, 3.63) is 0 Å². The van der Waals surface area contributed by atoms with Crippen LogP contribution in [0.5, 0.6) is 0 Å². The van der Waals surface area contributed by atoms with Gasteiger partial charge in [0.15, 0.2) is 0 Å². The lowest BCUT2D eigenvalue weighted by Gasteiger charge is -2.35. The fourth-order valence-electron chi connectivity index (χ4n) is 3.00. The van der Waals surface area contributed by atoms with Crippen LogP contribution in [0.2, 0.25) is 0 Å². The highest BCUT2D eigenvalue weighted by Gasteiger charge is 2.33. The first-order valence-corrected chi connectivity index (χ1v) is 9.21. The zero-order valence-corrected chi connectivity index (χ0v) is 15.3. The van der Waals surface area contributed by atoms with E-state index in [4.69, 9.17) is 28.4 Å². The number of rotatable bonds is 11. The molecule has 24 heavy (non-hydrogen) atoms. The first-order chi connectivity index (χ1) is 11.7. The Balaban J connectivity index is 1.49. The standard InChI is InChI=1S/C18H34O6/c1-3-17(11-21-15-22-12-17)9-19-7-5-6-8-20-10-18(4-2)13-23-16-24-14-18/h3-16H2,1-2H3. The van der Waals surface area contributed by atoms with Crippen molar-refractivity contribution in [1.29, 1.82) is 0 Å². The van der Waals surface area contributed by atoms with Crippen LogP contribution >= 0.6 is 0 Å². The molecule has 0 unspecified atom stereocenters. The molecule has 6 heteroatoms. The summed E-state index contributed by atoms with van der Waals surface area (Å²) in [5.74, 6) is 0. The molecule has 0 saturated carbocycles. The van der Waals surface area contributed by atoms with Gasteiger partial charge in [0.1, 0.15) is 13.6 Å². The molecule has 0 aromatic rings. The second-order valence-electron chi connectivity index (χ2n) is 7.15. The molecule has 6 nitrogen and oxygen atoms in total. The quantitative estimate of drug-likeness (QED) is 0.536. The minimum atomic E-state index is 0.0310. The Labute approximate surface area is 146 Å². The first-order valence-electron chi connectivity index (χ1n) is 9.21. The second-order valence-corrected chi connectivity index (χ2v) is 7.15. The van der Waals surface area contributed by atoms with E-state index in [-0.39, 0.29) is 10.8 Å². The Hall–Kier alpha value is -0.240. The molecule has 0 amide bonds. The van der Waals surface area contributed by atoms with Crippen LogP contribution in [-0.2, 0) is 28.4 Å². The summed E-state index contributed by atoms with van der Waals surface area (Å²) in [5.41, 5.74) is 0.0620. The first kappa shape index (κ1) is 20.1. The third-order valence-electron chi connectivity index (χ3n) is 5.11. The van der Waals surface area contributed by atoms with Gasteiger partial charge in [-0.05, 0) is 25.7 Å². The number of hydrogen-bond donors (Lipinski definition) is 0. The Morgan fingerprint density at radius 2 is 1.04 bits per heavy atom. The molecule has 142 valence electrons. The highest BCUT2D eigenvalue weighted by atomic mass is 16.7. The van der Waals surface area contributed by atoms with Gasteiger partial charge < -0.3 is 28.4 Å². The van der Waals surface area contributed by atoms with Crippen LogP contribution in [0, 0.1) is 10.8 Å². The smallest absolute Gasteiger partial charge is 0.146 e. The van der Waals surface area contributed by atoms with Crippen molar-refractivity contribution >= 4 is 0 Å². The highest BCUT2D eigenvalue weighted by molar-refractivity contribution is 4.79. The molecule has 2 rings (SSSR count). The van der Waals surface area contributed by atoms with Gasteiger partial charge in [0.25, 0.3) is 0 Å². The van der Waals surface area contributed by atoms with Gasteiger partial charge in [0.2, 0.25) is 0 Å². The third kappa shape index (κ3) is 6.24. The lowest BCUT2D eigenvalue weighted by Crippen LogP contribution is -2.41. The average molecular weight is 346 g/mol. The summed E-state index contributed by atoms with van der Waals surface area (Å²) >= 11 is 0. The van der Waals surface area contributed by atoms with E-state index in [1.807, 2.05) is 0 Å². The van der Waals surface area contributed by atoms with E-state index in [0.717, 1.165) is 65.3 Å². The molecule has 0 radical (unpaired) electrons. The van der Waals surface area contributed by atoms with Gasteiger partial charge in [-0.15, -0.1) is 0 Å². The monoisotopic (exact) mass is 346 g/mol. The van der Waals surface area contributed by atoms with Gasteiger partial charge in [-0.1, -0.05) is 13.8 Å². The minimum Gasteiger partial charge on any atom is -0.381 e. The van der Waals surface area contributed by atoms with Crippen LogP contribution in [0.4, 0.5) is 0 Å². The predicted octanol–water partition coefficient (Wildman–Crippen LogP) is 2.60. The van der Waals surface area contributed by atoms with Gasteiger partial charge in [0.05, 0.1) is 39.6 Å². The van der Waals surface area contributed by atoms with Crippen molar-refractivity contribution in [2.45, 2.75) is 39.5 Å².